The summed E-state index contributed by atoms with van der Waals surface area (Å²) in [5.41, 5.74) is 0.626. The number of Topliss-reactive ketones (excluding diaryl/α,β-unsaturated/α-hetero) is 1. The normalized spacial score (nSPS) is 34.0. The molecule has 1 saturated heterocycles. The summed E-state index contributed by atoms with van der Waals surface area (Å²) < 4.78 is 13.1. The fraction of sp³-hybridized carbons (Fsp3) is 0.724. The molecular weight excluding hydrogens is 443 g/mol. The van der Waals surface area contributed by atoms with Crippen LogP contribution in [0.4, 0.5) is 4.39 Å². The minimum absolute atomic E-state index is 0.0214. The first kappa shape index (κ1) is 24.9. The second-order valence-electron chi connectivity index (χ2n) is 11.8. The van der Waals surface area contributed by atoms with Crippen molar-refractivity contribution in [1.82, 2.24) is 10.2 Å². The number of rotatable bonds is 7. The minimum Gasteiger partial charge on any atom is -0.393 e. The zero-order valence-corrected chi connectivity index (χ0v) is 20.8. The monoisotopic (exact) mass is 484 g/mol. The van der Waals surface area contributed by atoms with Gasteiger partial charge in [0.2, 0.25) is 5.91 Å². The number of carbonyl (C=O) groups is 2. The van der Waals surface area contributed by atoms with E-state index in [0.29, 0.717) is 23.4 Å². The molecule has 4 unspecified atom stereocenters. The number of halogens is 1. The van der Waals surface area contributed by atoms with Gasteiger partial charge in [-0.3, -0.25) is 9.59 Å². The number of fused-ring (bicyclic) bond motifs is 3. The number of nitrogens with zero attached hydrogens (tertiary/aromatic N) is 1. The summed E-state index contributed by atoms with van der Waals surface area (Å²) in [4.78, 5) is 28.1. The Kier molecular flexibility index (Phi) is 7.88. The molecule has 1 amide bonds. The topological polar surface area (TPSA) is 69.6 Å². The number of aliphatic hydroxyl groups excluding tert-OH is 1. The van der Waals surface area contributed by atoms with Gasteiger partial charge in [0.1, 0.15) is 5.82 Å². The molecule has 2 N–H and O–H groups in total. The van der Waals surface area contributed by atoms with E-state index >= 15 is 0 Å². The number of piperidine rings is 1. The van der Waals surface area contributed by atoms with Crippen LogP contribution in [0, 0.1) is 35.4 Å². The predicted molar refractivity (Wildman–Crippen MR) is 133 cm³/mol. The van der Waals surface area contributed by atoms with E-state index in [0.717, 1.165) is 64.6 Å². The fourth-order valence-corrected chi connectivity index (χ4v) is 7.31. The van der Waals surface area contributed by atoms with Gasteiger partial charge >= 0.3 is 0 Å². The maximum atomic E-state index is 13.1. The lowest BCUT2D eigenvalue weighted by Gasteiger charge is -2.45. The molecule has 6 rings (SSSR count). The van der Waals surface area contributed by atoms with Gasteiger partial charge in [0.05, 0.1) is 6.10 Å². The second-order valence-corrected chi connectivity index (χ2v) is 11.8. The number of likely N-dealkylation sites (tertiary alicyclic amines) is 1. The Balaban J connectivity index is 0.988. The molecule has 5 fully saturated rings. The highest BCUT2D eigenvalue weighted by atomic mass is 19.1. The fourth-order valence-electron chi connectivity index (χ4n) is 7.31. The van der Waals surface area contributed by atoms with Gasteiger partial charge in [0.25, 0.3) is 0 Å². The second kappa shape index (κ2) is 11.1. The number of ketones is 1. The van der Waals surface area contributed by atoms with Gasteiger partial charge in [-0.05, 0) is 132 Å². The molecule has 5 nitrogen and oxygen atoms in total. The summed E-state index contributed by atoms with van der Waals surface area (Å²) in [5, 5.41) is 13.7. The first-order valence-corrected chi connectivity index (χ1v) is 14.0. The third-order valence-corrected chi connectivity index (χ3v) is 9.55. The van der Waals surface area contributed by atoms with Gasteiger partial charge < -0.3 is 15.3 Å². The number of hydrogen-bond acceptors (Lipinski definition) is 4. The zero-order chi connectivity index (χ0) is 24.4. The van der Waals surface area contributed by atoms with E-state index in [1.54, 1.807) is 12.1 Å². The molecule has 5 aliphatic rings. The molecule has 1 aliphatic heterocycles. The van der Waals surface area contributed by atoms with Gasteiger partial charge in [-0.15, -0.1) is 0 Å². The summed E-state index contributed by atoms with van der Waals surface area (Å²) in [7, 11) is 0. The Hall–Kier alpha value is -1.79. The number of hydrogen-bond donors (Lipinski definition) is 2. The summed E-state index contributed by atoms with van der Waals surface area (Å²) >= 11 is 0. The highest BCUT2D eigenvalue weighted by Gasteiger charge is 2.44. The number of nitrogens with one attached hydrogen (secondary N) is 1. The molecule has 0 spiro atoms. The number of aliphatic hydroxyl groups is 1. The molecule has 0 radical (unpaired) electrons. The molecular formula is C29H41FN2O3. The van der Waals surface area contributed by atoms with Crippen LogP contribution in [-0.2, 0) is 4.79 Å². The molecule has 2 bridgehead atoms. The average Bonchev–Trinajstić information content (AvgIpc) is 2.89. The number of amides is 1. The predicted octanol–water partition coefficient (Wildman–Crippen LogP) is 4.58. The molecule has 4 aliphatic carbocycles. The number of benzene rings is 1. The molecule has 4 atom stereocenters. The lowest BCUT2D eigenvalue weighted by Crippen LogP contribution is -2.50. The highest BCUT2D eigenvalue weighted by molar-refractivity contribution is 5.97. The van der Waals surface area contributed by atoms with Crippen LogP contribution in [0.3, 0.4) is 0 Å². The molecule has 6 heteroatoms. The molecule has 0 aromatic heterocycles. The Morgan fingerprint density at radius 2 is 1.66 bits per heavy atom. The lowest BCUT2D eigenvalue weighted by atomic mass is 9.63. The third-order valence-electron chi connectivity index (χ3n) is 9.55. The van der Waals surface area contributed by atoms with Crippen molar-refractivity contribution in [3.05, 3.63) is 35.6 Å². The molecule has 1 heterocycles. The van der Waals surface area contributed by atoms with Crippen LogP contribution in [0.25, 0.3) is 0 Å². The van der Waals surface area contributed by atoms with Gasteiger partial charge in [0.15, 0.2) is 5.78 Å². The zero-order valence-electron chi connectivity index (χ0n) is 20.8. The smallest absolute Gasteiger partial charge is 0.223 e. The summed E-state index contributed by atoms with van der Waals surface area (Å²) in [6.45, 7) is 3.00. The van der Waals surface area contributed by atoms with E-state index in [-0.39, 0.29) is 41.4 Å². The first-order chi connectivity index (χ1) is 17.0. The van der Waals surface area contributed by atoms with Crippen LogP contribution in [0.2, 0.25) is 0 Å². The minimum atomic E-state index is -0.302. The third kappa shape index (κ3) is 5.96. The molecule has 192 valence electrons. The van der Waals surface area contributed by atoms with Gasteiger partial charge in [-0.2, -0.15) is 0 Å². The highest BCUT2D eigenvalue weighted by Crippen LogP contribution is 2.45. The van der Waals surface area contributed by atoms with Crippen molar-refractivity contribution in [1.29, 1.82) is 0 Å². The van der Waals surface area contributed by atoms with Gasteiger partial charge in [-0.25, -0.2) is 4.39 Å². The van der Waals surface area contributed by atoms with Crippen LogP contribution in [0.1, 0.15) is 81.0 Å². The Bertz CT molecular complexity index is 874. The van der Waals surface area contributed by atoms with Crippen molar-refractivity contribution in [2.45, 2.75) is 82.8 Å². The van der Waals surface area contributed by atoms with E-state index in [9.17, 15) is 19.1 Å². The van der Waals surface area contributed by atoms with Gasteiger partial charge in [0, 0.05) is 23.4 Å². The average molecular weight is 485 g/mol. The van der Waals surface area contributed by atoms with E-state index in [1.807, 2.05) is 0 Å². The maximum Gasteiger partial charge on any atom is 0.223 e. The quantitative estimate of drug-likeness (QED) is 0.556. The SMILES string of the molecule is O=C(c1ccc(F)cc1)C1CCN(CC[C@H]2CC[C@H](NC(=O)C3CC4CCC3C(O)C4)CC2)CC1. The van der Waals surface area contributed by atoms with Crippen molar-refractivity contribution in [3.63, 3.8) is 0 Å². The molecule has 35 heavy (non-hydrogen) atoms. The van der Waals surface area contributed by atoms with Crippen molar-refractivity contribution in [2.75, 3.05) is 19.6 Å². The molecule has 1 aromatic carbocycles. The summed E-state index contributed by atoms with van der Waals surface area (Å²) in [6.07, 6.45) is 11.2. The molecule has 4 saturated carbocycles. The van der Waals surface area contributed by atoms with E-state index in [4.69, 9.17) is 0 Å². The Labute approximate surface area is 208 Å². The summed E-state index contributed by atoms with van der Waals surface area (Å²) in [6, 6.07) is 6.24. The molecule has 1 aromatic rings. The van der Waals surface area contributed by atoms with E-state index < -0.39 is 0 Å². The van der Waals surface area contributed by atoms with Gasteiger partial charge in [-0.1, -0.05) is 0 Å². The van der Waals surface area contributed by atoms with Crippen LogP contribution < -0.4 is 5.32 Å². The number of carbonyl (C=O) groups excluding carboxylic acids is 2. The van der Waals surface area contributed by atoms with E-state index in [2.05, 4.69) is 10.2 Å². The van der Waals surface area contributed by atoms with Crippen LogP contribution in [-0.4, -0.2) is 53.5 Å². The van der Waals surface area contributed by atoms with Crippen molar-refractivity contribution < 1.29 is 19.1 Å². The van der Waals surface area contributed by atoms with E-state index in [1.165, 1.54) is 37.8 Å². The van der Waals surface area contributed by atoms with Crippen LogP contribution >= 0.6 is 0 Å². The standard InChI is InChI=1S/C29H41FN2O3/c30-23-6-4-21(5-7-23)28(34)22-12-15-32(16-13-22)14-11-19-1-8-24(9-2-19)31-29(35)26-17-20-3-10-25(26)27(33)18-20/h4-7,19-20,22,24-27,33H,1-3,8-18H2,(H,31,35)/t19-,20?,24-,25?,26?,27?. The van der Waals surface area contributed by atoms with Crippen LogP contribution in [0.5, 0.6) is 0 Å². The summed E-state index contributed by atoms with van der Waals surface area (Å²) in [5.74, 6) is 1.54. The van der Waals surface area contributed by atoms with Crippen molar-refractivity contribution in [3.8, 4) is 0 Å². The van der Waals surface area contributed by atoms with Crippen LogP contribution in [0.15, 0.2) is 24.3 Å². The first-order valence-electron chi connectivity index (χ1n) is 14.0. The largest absolute Gasteiger partial charge is 0.393 e. The Morgan fingerprint density at radius 3 is 2.31 bits per heavy atom. The lowest BCUT2D eigenvalue weighted by molar-refractivity contribution is -0.136. The van der Waals surface area contributed by atoms with Crippen molar-refractivity contribution >= 4 is 11.7 Å². The van der Waals surface area contributed by atoms with Crippen molar-refractivity contribution in [2.24, 2.45) is 29.6 Å². The maximum absolute atomic E-state index is 13.1. The Morgan fingerprint density at radius 1 is 0.943 bits per heavy atom.